The van der Waals surface area contributed by atoms with Gasteiger partial charge in [0.05, 0.1) is 0 Å². The van der Waals surface area contributed by atoms with Crippen molar-refractivity contribution in [3.05, 3.63) is 28.5 Å². The van der Waals surface area contributed by atoms with E-state index < -0.39 is 10.0 Å². The molecule has 1 aliphatic rings. The number of carbonyl (C=O) groups is 1. The molecule has 0 aromatic carbocycles. The number of aromatic nitrogens is 1. The molecule has 2 aromatic rings. The molecule has 0 bridgehead atoms. The Kier molecular flexibility index (Phi) is 6.92. The van der Waals surface area contributed by atoms with Crippen molar-refractivity contribution < 1.29 is 17.7 Å². The van der Waals surface area contributed by atoms with Crippen LogP contribution in [0.2, 0.25) is 0 Å². The zero-order valence-electron chi connectivity index (χ0n) is 16.9. The molecule has 3 rings (SSSR count). The van der Waals surface area contributed by atoms with Gasteiger partial charge in [-0.05, 0) is 62.8 Å². The van der Waals surface area contributed by atoms with Gasteiger partial charge in [0.15, 0.2) is 5.76 Å². The fourth-order valence-electron chi connectivity index (χ4n) is 3.26. The van der Waals surface area contributed by atoms with Crippen LogP contribution in [0.3, 0.4) is 0 Å². The van der Waals surface area contributed by atoms with Gasteiger partial charge in [-0.2, -0.15) is 0 Å². The van der Waals surface area contributed by atoms with Gasteiger partial charge in [-0.1, -0.05) is 19.0 Å². The summed E-state index contributed by atoms with van der Waals surface area (Å²) in [5.41, 5.74) is 1.12. The second-order valence-electron chi connectivity index (χ2n) is 7.48. The smallest absolute Gasteiger partial charge is 0.250 e. The molecular weight excluding hydrogens is 410 g/mol. The summed E-state index contributed by atoms with van der Waals surface area (Å²) in [6.45, 7) is 5.72. The Morgan fingerprint density at radius 1 is 1.28 bits per heavy atom. The maximum absolute atomic E-state index is 12.7. The van der Waals surface area contributed by atoms with E-state index in [9.17, 15) is 13.2 Å². The molecule has 0 spiro atoms. The van der Waals surface area contributed by atoms with Gasteiger partial charge in [0.25, 0.3) is 0 Å². The molecule has 2 N–H and O–H groups in total. The zero-order chi connectivity index (χ0) is 21.0. The van der Waals surface area contributed by atoms with Crippen molar-refractivity contribution in [2.24, 2.45) is 5.92 Å². The monoisotopic (exact) mass is 437 g/mol. The summed E-state index contributed by atoms with van der Waals surface area (Å²) in [6.07, 6.45) is 7.67. The summed E-state index contributed by atoms with van der Waals surface area (Å²) in [5, 5.41) is 6.66. The molecule has 2 aromatic heterocycles. The molecular formula is C20H27N3O4S2. The van der Waals surface area contributed by atoms with E-state index in [0.717, 1.165) is 30.6 Å². The largest absolute Gasteiger partial charge is 0.354 e. The van der Waals surface area contributed by atoms with Gasteiger partial charge >= 0.3 is 0 Å². The quantitative estimate of drug-likeness (QED) is 0.668. The molecule has 7 nitrogen and oxygen atoms in total. The van der Waals surface area contributed by atoms with Crippen molar-refractivity contribution >= 4 is 45.1 Å². The van der Waals surface area contributed by atoms with Crippen LogP contribution in [0.4, 0.5) is 5.69 Å². The van der Waals surface area contributed by atoms with Gasteiger partial charge in [-0.25, -0.2) is 13.1 Å². The highest BCUT2D eigenvalue weighted by Crippen LogP contribution is 2.28. The second kappa shape index (κ2) is 9.23. The maximum atomic E-state index is 12.7. The molecule has 0 atom stereocenters. The minimum Gasteiger partial charge on any atom is -0.354 e. The number of amides is 1. The van der Waals surface area contributed by atoms with Gasteiger partial charge in [0, 0.05) is 17.3 Å². The molecule has 1 saturated carbocycles. The first kappa shape index (κ1) is 21.7. The Morgan fingerprint density at radius 2 is 2.00 bits per heavy atom. The predicted octanol–water partition coefficient (Wildman–Crippen LogP) is 4.42. The zero-order valence-corrected chi connectivity index (χ0v) is 18.5. The van der Waals surface area contributed by atoms with Crippen LogP contribution >= 0.6 is 11.3 Å². The van der Waals surface area contributed by atoms with Gasteiger partial charge in [-0.15, -0.1) is 11.3 Å². The Hall–Kier alpha value is -1.97. The lowest BCUT2D eigenvalue weighted by atomic mass is 9.88. The van der Waals surface area contributed by atoms with E-state index in [2.05, 4.69) is 22.1 Å². The summed E-state index contributed by atoms with van der Waals surface area (Å²) in [7, 11) is -3.52. The van der Waals surface area contributed by atoms with E-state index in [0.29, 0.717) is 33.7 Å². The van der Waals surface area contributed by atoms with E-state index in [1.807, 2.05) is 0 Å². The highest BCUT2D eigenvalue weighted by Gasteiger charge is 2.25. The minimum absolute atomic E-state index is 0.0131. The van der Waals surface area contributed by atoms with E-state index in [-0.39, 0.29) is 11.9 Å². The fourth-order valence-corrected chi connectivity index (χ4v) is 5.81. The number of nitrogens with one attached hydrogen (secondary N) is 2. The van der Waals surface area contributed by atoms with Crippen LogP contribution in [-0.4, -0.2) is 25.5 Å². The number of rotatable bonds is 7. The fraction of sp³-hybridized carbons (Fsp3) is 0.500. The number of thiophene rings is 1. The minimum atomic E-state index is -3.52. The number of aryl methyl sites for hydroxylation is 1. The molecule has 9 heteroatoms. The summed E-state index contributed by atoms with van der Waals surface area (Å²) in [6, 6.07) is 3.38. The van der Waals surface area contributed by atoms with Gasteiger partial charge < -0.3 is 9.84 Å². The Morgan fingerprint density at radius 3 is 2.69 bits per heavy atom. The van der Waals surface area contributed by atoms with Crippen LogP contribution in [0.25, 0.3) is 12.2 Å². The van der Waals surface area contributed by atoms with Crippen LogP contribution in [0.5, 0.6) is 0 Å². The highest BCUT2D eigenvalue weighted by atomic mass is 32.2. The van der Waals surface area contributed by atoms with Crippen LogP contribution in [0.1, 0.15) is 62.3 Å². The maximum Gasteiger partial charge on any atom is 0.250 e. The van der Waals surface area contributed by atoms with Crippen LogP contribution < -0.4 is 10.0 Å². The Balaban J connectivity index is 1.69. The third-order valence-electron chi connectivity index (χ3n) is 5.08. The molecule has 29 heavy (non-hydrogen) atoms. The number of anilines is 1. The van der Waals surface area contributed by atoms with Crippen molar-refractivity contribution in [1.29, 1.82) is 0 Å². The molecule has 0 unspecified atom stereocenters. The number of sulfonamides is 1. The molecule has 2 heterocycles. The topological polar surface area (TPSA) is 101 Å². The first-order chi connectivity index (χ1) is 13.8. The predicted molar refractivity (Wildman–Crippen MR) is 115 cm³/mol. The molecule has 1 fully saturated rings. The van der Waals surface area contributed by atoms with Crippen molar-refractivity contribution in [3.63, 3.8) is 0 Å². The lowest BCUT2D eigenvalue weighted by Gasteiger charge is -2.26. The third-order valence-corrected chi connectivity index (χ3v) is 8.14. The molecule has 1 amide bonds. The SMILES string of the molecule is CCC(=O)Nc1c(C)noc1C=Cc1ccc(S(=O)(=O)NC2CCC(C)CC2)s1. The Bertz CT molecular complexity index is 983. The van der Waals surface area contributed by atoms with E-state index in [1.165, 1.54) is 11.3 Å². The van der Waals surface area contributed by atoms with E-state index in [1.54, 1.807) is 38.1 Å². The summed E-state index contributed by atoms with van der Waals surface area (Å²) in [4.78, 5) is 12.4. The third kappa shape index (κ3) is 5.55. The first-order valence-electron chi connectivity index (χ1n) is 9.85. The normalized spacial score (nSPS) is 20.2. The number of carbonyl (C=O) groups excluding carboxylic acids is 1. The van der Waals surface area contributed by atoms with Crippen molar-refractivity contribution in [1.82, 2.24) is 9.88 Å². The van der Waals surface area contributed by atoms with Gasteiger partial charge in [0.2, 0.25) is 15.9 Å². The lowest BCUT2D eigenvalue weighted by molar-refractivity contribution is -0.115. The van der Waals surface area contributed by atoms with Crippen LogP contribution in [0.15, 0.2) is 20.9 Å². The standard InChI is InChI=1S/C20H27N3O4S2/c1-4-18(24)21-20-14(3)22-27-17(20)11-9-16-10-12-19(28-16)29(25,26)23-15-7-5-13(2)6-8-15/h9-13,15,23H,4-8H2,1-3H3,(H,21,24). The van der Waals surface area contributed by atoms with Crippen LogP contribution in [-0.2, 0) is 14.8 Å². The average Bonchev–Trinajstić information content (AvgIpc) is 3.30. The highest BCUT2D eigenvalue weighted by molar-refractivity contribution is 7.91. The van der Waals surface area contributed by atoms with E-state index >= 15 is 0 Å². The summed E-state index contributed by atoms with van der Waals surface area (Å²) >= 11 is 1.19. The average molecular weight is 438 g/mol. The molecule has 0 aliphatic heterocycles. The summed E-state index contributed by atoms with van der Waals surface area (Å²) in [5.74, 6) is 0.969. The van der Waals surface area contributed by atoms with Gasteiger partial charge in [-0.3, -0.25) is 4.79 Å². The Labute approximate surface area is 175 Å². The lowest BCUT2D eigenvalue weighted by Crippen LogP contribution is -2.36. The number of nitrogens with zero attached hydrogens (tertiary/aromatic N) is 1. The molecule has 158 valence electrons. The second-order valence-corrected chi connectivity index (χ2v) is 10.5. The van der Waals surface area contributed by atoms with Crippen molar-refractivity contribution in [3.8, 4) is 0 Å². The number of hydrogen-bond donors (Lipinski definition) is 2. The molecule has 0 radical (unpaired) electrons. The van der Waals surface area contributed by atoms with E-state index in [4.69, 9.17) is 4.52 Å². The van der Waals surface area contributed by atoms with Gasteiger partial charge in [0.1, 0.15) is 15.6 Å². The van der Waals surface area contributed by atoms with Crippen molar-refractivity contribution in [2.45, 2.75) is 63.1 Å². The first-order valence-corrected chi connectivity index (χ1v) is 12.1. The molecule has 0 saturated heterocycles. The molecule has 1 aliphatic carbocycles. The van der Waals surface area contributed by atoms with Crippen LogP contribution in [0, 0.1) is 12.8 Å². The number of hydrogen-bond acceptors (Lipinski definition) is 6. The van der Waals surface area contributed by atoms with Crippen molar-refractivity contribution in [2.75, 3.05) is 5.32 Å². The summed E-state index contributed by atoms with van der Waals surface area (Å²) < 4.78 is 33.8.